The Morgan fingerprint density at radius 3 is 2.33 bits per heavy atom. The van der Waals surface area contributed by atoms with E-state index in [2.05, 4.69) is 29.4 Å². The molecule has 2 rings (SSSR count). The Bertz CT molecular complexity index is 609. The number of hydrogen-bond acceptors (Lipinski definition) is 3. The van der Waals surface area contributed by atoms with E-state index in [0.29, 0.717) is 23.8 Å². The van der Waals surface area contributed by atoms with Crippen LogP contribution in [0.1, 0.15) is 43.0 Å². The van der Waals surface area contributed by atoms with E-state index >= 15 is 0 Å². The van der Waals surface area contributed by atoms with Crippen LogP contribution in [-0.2, 0) is 6.54 Å². The Balaban J connectivity index is 2.09. The summed E-state index contributed by atoms with van der Waals surface area (Å²) < 4.78 is 26.2. The Kier molecular flexibility index (Phi) is 4.83. The lowest BCUT2D eigenvalue weighted by Gasteiger charge is -2.12. The molecule has 1 heterocycles. The van der Waals surface area contributed by atoms with E-state index in [1.807, 2.05) is 13.0 Å². The lowest BCUT2D eigenvalue weighted by Crippen LogP contribution is -2.07. The van der Waals surface area contributed by atoms with E-state index in [-0.39, 0.29) is 0 Å². The van der Waals surface area contributed by atoms with Gasteiger partial charge in [-0.2, -0.15) is 5.10 Å². The molecule has 2 aromatic rings. The fraction of sp³-hybridized carbons (Fsp3) is 0.375. The monoisotopic (exact) mass is 291 g/mol. The van der Waals surface area contributed by atoms with Crippen molar-refractivity contribution >= 4 is 5.82 Å². The minimum Gasteiger partial charge on any atom is -0.364 e. The first-order chi connectivity index (χ1) is 9.99. The van der Waals surface area contributed by atoms with Gasteiger partial charge in [0, 0.05) is 12.6 Å². The number of rotatable bonds is 5. The summed E-state index contributed by atoms with van der Waals surface area (Å²) >= 11 is 0. The molecule has 0 amide bonds. The summed E-state index contributed by atoms with van der Waals surface area (Å²) in [4.78, 5) is 0. The van der Waals surface area contributed by atoms with Gasteiger partial charge in [-0.25, -0.2) is 8.78 Å². The van der Waals surface area contributed by atoms with Crippen LogP contribution in [0.3, 0.4) is 0 Å². The summed E-state index contributed by atoms with van der Waals surface area (Å²) in [5.74, 6) is -0.169. The lowest BCUT2D eigenvalue weighted by molar-refractivity contribution is 0.580. The van der Waals surface area contributed by atoms with Gasteiger partial charge in [-0.15, -0.1) is 5.10 Å². The number of anilines is 1. The number of hydrogen-bond donors (Lipinski definition) is 1. The Morgan fingerprint density at radius 1 is 1.10 bits per heavy atom. The van der Waals surface area contributed by atoms with Gasteiger partial charge in [-0.05, 0) is 48.6 Å². The highest BCUT2D eigenvalue weighted by Gasteiger charge is 2.09. The van der Waals surface area contributed by atoms with Gasteiger partial charge in [-0.3, -0.25) is 0 Å². The van der Waals surface area contributed by atoms with Crippen molar-refractivity contribution in [3.05, 3.63) is 52.7 Å². The second-order valence-electron chi connectivity index (χ2n) is 5.24. The van der Waals surface area contributed by atoms with Crippen molar-refractivity contribution in [1.29, 1.82) is 0 Å². The standard InChI is InChI=1S/C16H19F2N3/c1-4-10(2)15-5-11(3)16(21-20-15)19-9-12-6-13(17)8-14(18)7-12/h5-8,10H,4,9H2,1-3H3,(H,19,21). The minimum absolute atomic E-state index is 0.298. The van der Waals surface area contributed by atoms with E-state index in [9.17, 15) is 8.78 Å². The van der Waals surface area contributed by atoms with Crippen LogP contribution in [0.15, 0.2) is 24.3 Å². The van der Waals surface area contributed by atoms with Crippen molar-refractivity contribution in [2.75, 3.05) is 5.32 Å². The van der Waals surface area contributed by atoms with Crippen LogP contribution >= 0.6 is 0 Å². The van der Waals surface area contributed by atoms with Crippen molar-refractivity contribution in [3.8, 4) is 0 Å². The molecule has 0 saturated heterocycles. The van der Waals surface area contributed by atoms with E-state index in [1.54, 1.807) is 0 Å². The maximum Gasteiger partial charge on any atom is 0.151 e. The SMILES string of the molecule is CCC(C)c1cc(C)c(NCc2cc(F)cc(F)c2)nn1. The molecular formula is C16H19F2N3. The van der Waals surface area contributed by atoms with Crippen LogP contribution in [0.2, 0.25) is 0 Å². The zero-order valence-electron chi connectivity index (χ0n) is 12.5. The lowest BCUT2D eigenvalue weighted by atomic mass is 10.0. The number of nitrogens with one attached hydrogen (secondary N) is 1. The predicted octanol–water partition coefficient (Wildman–Crippen LogP) is 4.19. The molecule has 0 aliphatic carbocycles. The number of aryl methyl sites for hydroxylation is 1. The summed E-state index contributed by atoms with van der Waals surface area (Å²) in [5.41, 5.74) is 2.45. The molecule has 1 aromatic heterocycles. The largest absolute Gasteiger partial charge is 0.364 e. The van der Waals surface area contributed by atoms with Crippen LogP contribution in [0.5, 0.6) is 0 Å². The van der Waals surface area contributed by atoms with Gasteiger partial charge in [0.2, 0.25) is 0 Å². The highest BCUT2D eigenvalue weighted by atomic mass is 19.1. The fourth-order valence-electron chi connectivity index (χ4n) is 2.03. The number of benzene rings is 1. The molecule has 1 unspecified atom stereocenters. The van der Waals surface area contributed by atoms with Crippen LogP contribution in [0.4, 0.5) is 14.6 Å². The van der Waals surface area contributed by atoms with Gasteiger partial charge in [0.25, 0.3) is 0 Å². The number of nitrogens with zero attached hydrogens (tertiary/aromatic N) is 2. The first-order valence-electron chi connectivity index (χ1n) is 7.02. The molecule has 0 aliphatic heterocycles. The van der Waals surface area contributed by atoms with Crippen molar-refractivity contribution in [3.63, 3.8) is 0 Å². The van der Waals surface area contributed by atoms with E-state index in [1.165, 1.54) is 12.1 Å². The highest BCUT2D eigenvalue weighted by Crippen LogP contribution is 2.20. The number of halogens is 2. The Labute approximate surface area is 123 Å². The van der Waals surface area contributed by atoms with E-state index in [0.717, 1.165) is 23.7 Å². The molecule has 0 fully saturated rings. The molecule has 0 saturated carbocycles. The molecule has 1 N–H and O–H groups in total. The quantitative estimate of drug-likeness (QED) is 0.897. The zero-order chi connectivity index (χ0) is 15.4. The van der Waals surface area contributed by atoms with Crippen molar-refractivity contribution in [2.24, 2.45) is 0 Å². The summed E-state index contributed by atoms with van der Waals surface area (Å²) in [6.45, 7) is 6.44. The average molecular weight is 291 g/mol. The molecule has 0 bridgehead atoms. The summed E-state index contributed by atoms with van der Waals surface area (Å²) in [5, 5.41) is 11.4. The molecule has 21 heavy (non-hydrogen) atoms. The second-order valence-corrected chi connectivity index (χ2v) is 5.24. The van der Waals surface area contributed by atoms with Crippen molar-refractivity contribution in [1.82, 2.24) is 10.2 Å². The van der Waals surface area contributed by atoms with Crippen LogP contribution in [0.25, 0.3) is 0 Å². The van der Waals surface area contributed by atoms with Crippen LogP contribution in [-0.4, -0.2) is 10.2 Å². The third-order valence-corrected chi connectivity index (χ3v) is 3.50. The molecule has 1 aromatic carbocycles. The topological polar surface area (TPSA) is 37.8 Å². The van der Waals surface area contributed by atoms with Gasteiger partial charge in [0.15, 0.2) is 5.82 Å². The van der Waals surface area contributed by atoms with Gasteiger partial charge in [0.1, 0.15) is 11.6 Å². The van der Waals surface area contributed by atoms with Crippen molar-refractivity contribution < 1.29 is 8.78 Å². The maximum atomic E-state index is 13.1. The zero-order valence-corrected chi connectivity index (χ0v) is 12.5. The second kappa shape index (κ2) is 6.61. The Hall–Kier alpha value is -2.04. The van der Waals surface area contributed by atoms with E-state index in [4.69, 9.17) is 0 Å². The third-order valence-electron chi connectivity index (χ3n) is 3.50. The Morgan fingerprint density at radius 2 is 1.76 bits per heavy atom. The van der Waals surface area contributed by atoms with Gasteiger partial charge < -0.3 is 5.32 Å². The highest BCUT2D eigenvalue weighted by molar-refractivity contribution is 5.43. The molecule has 0 aliphatic rings. The van der Waals surface area contributed by atoms with Crippen LogP contribution in [0, 0.1) is 18.6 Å². The van der Waals surface area contributed by atoms with Gasteiger partial charge in [0.05, 0.1) is 5.69 Å². The summed E-state index contributed by atoms with van der Waals surface area (Å²) in [7, 11) is 0. The molecule has 0 radical (unpaired) electrons. The van der Waals surface area contributed by atoms with Crippen LogP contribution < -0.4 is 5.32 Å². The maximum absolute atomic E-state index is 13.1. The average Bonchev–Trinajstić information content (AvgIpc) is 2.44. The molecular weight excluding hydrogens is 272 g/mol. The molecule has 1 atom stereocenters. The van der Waals surface area contributed by atoms with Crippen molar-refractivity contribution in [2.45, 2.75) is 39.7 Å². The molecule has 112 valence electrons. The number of aromatic nitrogens is 2. The first-order valence-corrected chi connectivity index (χ1v) is 7.02. The first kappa shape index (κ1) is 15.4. The van der Waals surface area contributed by atoms with Gasteiger partial charge >= 0.3 is 0 Å². The normalized spacial score (nSPS) is 12.2. The predicted molar refractivity (Wildman–Crippen MR) is 79.2 cm³/mol. The minimum atomic E-state index is -0.582. The third kappa shape index (κ3) is 3.97. The summed E-state index contributed by atoms with van der Waals surface area (Å²) in [6, 6.07) is 5.45. The van der Waals surface area contributed by atoms with Gasteiger partial charge in [-0.1, -0.05) is 13.8 Å². The van der Waals surface area contributed by atoms with E-state index < -0.39 is 11.6 Å². The molecule has 5 heteroatoms. The molecule has 3 nitrogen and oxygen atoms in total. The smallest absolute Gasteiger partial charge is 0.151 e. The molecule has 0 spiro atoms. The summed E-state index contributed by atoms with van der Waals surface area (Å²) in [6.07, 6.45) is 1.00. The fourth-order valence-corrected chi connectivity index (χ4v) is 2.03.